The highest BCUT2D eigenvalue weighted by molar-refractivity contribution is 7.92. The summed E-state index contributed by atoms with van der Waals surface area (Å²) in [7, 11) is -2.71. The van der Waals surface area contributed by atoms with Crippen molar-refractivity contribution < 1.29 is 27.0 Å². The number of phenolic OH excluding ortho intramolecular Hbond substituents is 1. The maximum Gasteiger partial charge on any atom is 0.281 e. The smallest absolute Gasteiger partial charge is 0.281 e. The van der Waals surface area contributed by atoms with Gasteiger partial charge >= 0.3 is 0 Å². The molecule has 3 heterocycles. The highest BCUT2D eigenvalue weighted by Crippen LogP contribution is 2.40. The van der Waals surface area contributed by atoms with Gasteiger partial charge in [0.1, 0.15) is 0 Å². The van der Waals surface area contributed by atoms with Gasteiger partial charge in [-0.2, -0.15) is 8.42 Å². The summed E-state index contributed by atoms with van der Waals surface area (Å²) in [6.45, 7) is 1.85. The Kier molecular flexibility index (Phi) is 7.81. The quantitative estimate of drug-likeness (QED) is 0.190. The molecular weight excluding hydrogens is 572 g/mol. The lowest BCUT2D eigenvalue weighted by Crippen LogP contribution is -2.16. The minimum Gasteiger partial charge on any atom is -0.504 e. The number of aromatic nitrogens is 3. The number of aryl methyl sites for hydroxylation is 1. The summed E-state index contributed by atoms with van der Waals surface area (Å²) in [6.07, 6.45) is 4.49. The molecule has 0 saturated heterocycles. The molecule has 0 aliphatic carbocycles. The van der Waals surface area contributed by atoms with Crippen molar-refractivity contribution in [3.05, 3.63) is 95.9 Å². The van der Waals surface area contributed by atoms with Crippen molar-refractivity contribution in [3.8, 4) is 33.2 Å². The van der Waals surface area contributed by atoms with Gasteiger partial charge in [0.2, 0.25) is 0 Å². The molecule has 0 radical (unpaired) electrons. The summed E-state index contributed by atoms with van der Waals surface area (Å²) in [5.74, 6) is -1.70. The van der Waals surface area contributed by atoms with Crippen LogP contribution in [0.25, 0.3) is 21.7 Å². The van der Waals surface area contributed by atoms with Crippen molar-refractivity contribution in [1.82, 2.24) is 15.0 Å². The molecule has 3 N–H and O–H groups in total. The number of nitrogens with one attached hydrogen (secondary N) is 2. The average Bonchev–Trinajstić information content (AvgIpc) is 3.37. The second-order valence-corrected chi connectivity index (χ2v) is 11.4. The van der Waals surface area contributed by atoms with E-state index < -0.39 is 21.7 Å². The van der Waals surface area contributed by atoms with Crippen LogP contribution in [0.3, 0.4) is 0 Å². The summed E-state index contributed by atoms with van der Waals surface area (Å²) in [5.41, 5.74) is 2.73. The van der Waals surface area contributed by atoms with E-state index in [1.165, 1.54) is 19.4 Å². The molecule has 0 amide bonds. The number of methoxy groups -OCH3 is 1. The number of thiazole rings is 1. The number of ether oxygens (including phenoxy) is 1. The molecule has 0 aliphatic rings. The number of anilines is 2. The number of para-hydroxylation sites is 1. The molecule has 0 spiro atoms. The number of rotatable bonds is 9. The van der Waals surface area contributed by atoms with Gasteiger partial charge in [-0.3, -0.25) is 9.71 Å². The van der Waals surface area contributed by atoms with Crippen LogP contribution in [0.1, 0.15) is 11.1 Å². The normalized spacial score (nSPS) is 11.3. The van der Waals surface area contributed by atoms with Crippen molar-refractivity contribution in [2.45, 2.75) is 18.5 Å². The Morgan fingerprint density at radius 3 is 2.51 bits per heavy atom. The van der Waals surface area contributed by atoms with Gasteiger partial charge in [0.25, 0.3) is 10.0 Å². The zero-order chi connectivity index (χ0) is 29.1. The van der Waals surface area contributed by atoms with E-state index in [1.54, 1.807) is 55.7 Å². The lowest BCUT2D eigenvalue weighted by atomic mass is 10.1. The maximum absolute atomic E-state index is 14.0. The molecule has 5 aromatic rings. The molecule has 13 heteroatoms. The topological polar surface area (TPSA) is 126 Å². The Bertz CT molecular complexity index is 1830. The maximum atomic E-state index is 14.0. The standard InChI is InChI=1S/C28H23F2N5O4S2/c1-16-12-20(32-14-19-4-3-5-23(39-2)25(19)36)15-33-27(16)41(37,38)35-28-34-24(18-6-7-21(29)22(30)13-18)26(40-28)17-8-10-31-11-9-17/h3-13,15,32,36H,14H2,1-2H3,(H,34,35). The van der Waals surface area contributed by atoms with Crippen molar-refractivity contribution in [2.75, 3.05) is 17.1 Å². The zero-order valence-electron chi connectivity index (χ0n) is 21.7. The summed E-state index contributed by atoms with van der Waals surface area (Å²) < 4.78 is 61.9. The van der Waals surface area contributed by atoms with E-state index in [0.717, 1.165) is 23.5 Å². The Morgan fingerprint density at radius 1 is 1.02 bits per heavy atom. The number of benzene rings is 2. The van der Waals surface area contributed by atoms with E-state index >= 15 is 0 Å². The fraction of sp³-hybridized carbons (Fsp3) is 0.107. The molecule has 2 aromatic carbocycles. The molecule has 210 valence electrons. The van der Waals surface area contributed by atoms with E-state index in [9.17, 15) is 22.3 Å². The molecule has 0 bridgehead atoms. The van der Waals surface area contributed by atoms with Crippen LogP contribution in [0.4, 0.5) is 19.6 Å². The Labute approximate surface area is 238 Å². The lowest BCUT2D eigenvalue weighted by Gasteiger charge is -2.12. The van der Waals surface area contributed by atoms with E-state index in [0.29, 0.717) is 33.0 Å². The van der Waals surface area contributed by atoms with Crippen LogP contribution in [-0.2, 0) is 16.6 Å². The van der Waals surface area contributed by atoms with Gasteiger partial charge in [-0.25, -0.2) is 18.7 Å². The van der Waals surface area contributed by atoms with E-state index in [2.05, 4.69) is 25.0 Å². The van der Waals surface area contributed by atoms with Crippen LogP contribution in [0.15, 0.2) is 78.2 Å². The SMILES string of the molecule is COc1cccc(CNc2cnc(S(=O)(=O)Nc3nc(-c4ccc(F)c(F)c4)c(-c4ccncc4)s3)c(C)c2)c1O. The van der Waals surface area contributed by atoms with Crippen LogP contribution < -0.4 is 14.8 Å². The second kappa shape index (κ2) is 11.5. The van der Waals surface area contributed by atoms with Gasteiger partial charge in [-0.05, 0) is 60.5 Å². The second-order valence-electron chi connectivity index (χ2n) is 8.83. The first kappa shape index (κ1) is 27.9. The third-order valence-corrected chi connectivity index (χ3v) is 8.60. The predicted molar refractivity (Wildman–Crippen MR) is 152 cm³/mol. The van der Waals surface area contributed by atoms with Gasteiger partial charge in [-0.15, -0.1) is 0 Å². The monoisotopic (exact) mass is 595 g/mol. The highest BCUT2D eigenvalue weighted by Gasteiger charge is 2.24. The number of sulfonamides is 1. The Morgan fingerprint density at radius 2 is 1.80 bits per heavy atom. The minimum atomic E-state index is -4.17. The Hall–Kier alpha value is -4.62. The zero-order valence-corrected chi connectivity index (χ0v) is 23.4. The molecule has 9 nitrogen and oxygen atoms in total. The van der Waals surface area contributed by atoms with Crippen molar-refractivity contribution in [2.24, 2.45) is 0 Å². The summed E-state index contributed by atoms with van der Waals surface area (Å²) in [4.78, 5) is 13.1. The number of aromatic hydroxyl groups is 1. The van der Waals surface area contributed by atoms with Gasteiger partial charge in [-0.1, -0.05) is 23.5 Å². The molecule has 0 unspecified atom stereocenters. The number of phenols is 1. The van der Waals surface area contributed by atoms with Crippen LogP contribution in [0.5, 0.6) is 11.5 Å². The first-order valence-corrected chi connectivity index (χ1v) is 14.4. The fourth-order valence-corrected chi connectivity index (χ4v) is 6.46. The molecule has 0 saturated carbocycles. The molecule has 0 atom stereocenters. The van der Waals surface area contributed by atoms with E-state index in [1.807, 2.05) is 0 Å². The van der Waals surface area contributed by atoms with Crippen molar-refractivity contribution in [3.63, 3.8) is 0 Å². The van der Waals surface area contributed by atoms with Crippen LogP contribution in [0.2, 0.25) is 0 Å². The highest BCUT2D eigenvalue weighted by atomic mass is 32.2. The van der Waals surface area contributed by atoms with E-state index in [-0.39, 0.29) is 33.7 Å². The predicted octanol–water partition coefficient (Wildman–Crippen LogP) is 5.98. The van der Waals surface area contributed by atoms with Crippen molar-refractivity contribution in [1.29, 1.82) is 0 Å². The fourth-order valence-electron chi connectivity index (χ4n) is 4.08. The van der Waals surface area contributed by atoms with Gasteiger partial charge < -0.3 is 15.2 Å². The summed E-state index contributed by atoms with van der Waals surface area (Å²) >= 11 is 1.04. The molecule has 5 rings (SSSR count). The number of nitrogens with zero attached hydrogens (tertiary/aromatic N) is 3. The third-order valence-electron chi connectivity index (χ3n) is 6.05. The van der Waals surface area contributed by atoms with Gasteiger partial charge in [0.15, 0.2) is 33.3 Å². The van der Waals surface area contributed by atoms with Crippen LogP contribution in [0, 0.1) is 18.6 Å². The lowest BCUT2D eigenvalue weighted by molar-refractivity contribution is 0.371. The van der Waals surface area contributed by atoms with Crippen molar-refractivity contribution >= 4 is 32.2 Å². The van der Waals surface area contributed by atoms with Gasteiger partial charge in [0.05, 0.1) is 29.6 Å². The largest absolute Gasteiger partial charge is 0.504 e. The Balaban J connectivity index is 1.41. The van der Waals surface area contributed by atoms with Crippen LogP contribution in [-0.4, -0.2) is 35.6 Å². The first-order valence-electron chi connectivity index (χ1n) is 12.1. The molecule has 3 aromatic heterocycles. The number of hydrogen-bond acceptors (Lipinski definition) is 9. The van der Waals surface area contributed by atoms with E-state index in [4.69, 9.17) is 4.74 Å². The minimum absolute atomic E-state index is 0.00732. The van der Waals surface area contributed by atoms with Gasteiger partial charge in [0, 0.05) is 30.1 Å². The number of pyridine rings is 2. The van der Waals surface area contributed by atoms with Crippen LogP contribution >= 0.6 is 11.3 Å². The summed E-state index contributed by atoms with van der Waals surface area (Å²) in [5, 5.41) is 13.2. The summed E-state index contributed by atoms with van der Waals surface area (Å²) in [6, 6.07) is 13.5. The molecule has 0 fully saturated rings. The molecule has 0 aliphatic heterocycles. The average molecular weight is 596 g/mol. The molecule has 41 heavy (non-hydrogen) atoms. The number of halogens is 2. The first-order chi connectivity index (χ1) is 19.7. The number of hydrogen-bond donors (Lipinski definition) is 3. The third kappa shape index (κ3) is 5.95. The molecular formula is C28H23F2N5O4S2.